The number of hydrazone groups is 1. The van der Waals surface area contributed by atoms with Crippen LogP contribution in [-0.4, -0.2) is 26.9 Å². The minimum absolute atomic E-state index is 0.113. The third-order valence-electron chi connectivity index (χ3n) is 1.70. The Balaban J connectivity index is 1.80. The third-order valence-corrected chi connectivity index (χ3v) is 2.50. The Kier molecular flexibility index (Phi) is 3.39. The molecule has 2 rings (SSSR count). The summed E-state index contributed by atoms with van der Waals surface area (Å²) < 4.78 is 1.43. The van der Waals surface area contributed by atoms with Crippen LogP contribution in [0.4, 0.5) is 0 Å². The van der Waals surface area contributed by atoms with Crippen LogP contribution in [0.5, 0.6) is 0 Å². The molecule has 0 saturated heterocycles. The minimum atomic E-state index is -0.238. The molecule has 16 heavy (non-hydrogen) atoms. The van der Waals surface area contributed by atoms with Gasteiger partial charge < -0.3 is 0 Å². The predicted molar refractivity (Wildman–Crippen MR) is 60.1 cm³/mol. The van der Waals surface area contributed by atoms with Crippen molar-refractivity contribution in [2.24, 2.45) is 5.10 Å². The van der Waals surface area contributed by atoms with E-state index in [1.54, 1.807) is 17.6 Å². The molecule has 1 N–H and O–H groups in total. The van der Waals surface area contributed by atoms with Gasteiger partial charge in [0.1, 0.15) is 19.2 Å². The van der Waals surface area contributed by atoms with E-state index < -0.39 is 0 Å². The highest BCUT2D eigenvalue weighted by molar-refractivity contribution is 7.11. The molecule has 7 heteroatoms. The Morgan fingerprint density at radius 2 is 2.62 bits per heavy atom. The molecule has 0 saturated carbocycles. The number of rotatable bonds is 4. The lowest BCUT2D eigenvalue weighted by molar-refractivity contribution is -0.121. The van der Waals surface area contributed by atoms with E-state index in [1.165, 1.54) is 17.3 Å². The second kappa shape index (κ2) is 5.17. The fraction of sp³-hybridized carbons (Fsp3) is 0.111. The summed E-state index contributed by atoms with van der Waals surface area (Å²) in [6.45, 7) is 0.113. The Labute approximate surface area is 95.6 Å². The minimum Gasteiger partial charge on any atom is -0.271 e. The average molecular weight is 235 g/mol. The van der Waals surface area contributed by atoms with Crippen molar-refractivity contribution in [1.29, 1.82) is 0 Å². The molecular formula is C9H9N5OS. The molecule has 0 atom stereocenters. The SMILES string of the molecule is O=C(Cn1cncn1)N/N=C\c1cccs1. The Morgan fingerprint density at radius 1 is 1.69 bits per heavy atom. The Morgan fingerprint density at radius 3 is 3.31 bits per heavy atom. The molecule has 1 amide bonds. The molecule has 0 spiro atoms. The fourth-order valence-electron chi connectivity index (χ4n) is 1.03. The van der Waals surface area contributed by atoms with E-state index in [9.17, 15) is 4.79 Å². The van der Waals surface area contributed by atoms with E-state index in [4.69, 9.17) is 0 Å². The number of carbonyl (C=O) groups excluding carboxylic acids is 1. The number of nitrogens with one attached hydrogen (secondary N) is 1. The quantitative estimate of drug-likeness (QED) is 0.619. The topological polar surface area (TPSA) is 72.2 Å². The highest BCUT2D eigenvalue weighted by atomic mass is 32.1. The van der Waals surface area contributed by atoms with Crippen LogP contribution >= 0.6 is 11.3 Å². The van der Waals surface area contributed by atoms with Gasteiger partial charge in [-0.15, -0.1) is 11.3 Å². The van der Waals surface area contributed by atoms with E-state index in [0.29, 0.717) is 0 Å². The molecule has 6 nitrogen and oxygen atoms in total. The molecule has 0 aliphatic rings. The van der Waals surface area contributed by atoms with E-state index in [1.807, 2.05) is 17.5 Å². The maximum absolute atomic E-state index is 11.3. The van der Waals surface area contributed by atoms with Gasteiger partial charge in [-0.05, 0) is 11.4 Å². The third kappa shape index (κ3) is 2.99. The van der Waals surface area contributed by atoms with E-state index in [-0.39, 0.29) is 12.5 Å². The highest BCUT2D eigenvalue weighted by Gasteiger charge is 2.00. The highest BCUT2D eigenvalue weighted by Crippen LogP contribution is 2.03. The van der Waals surface area contributed by atoms with Crippen LogP contribution in [0.1, 0.15) is 4.88 Å². The first kappa shape index (κ1) is 10.5. The van der Waals surface area contributed by atoms with Crippen molar-refractivity contribution >= 4 is 23.5 Å². The zero-order chi connectivity index (χ0) is 11.2. The number of hydrogen-bond acceptors (Lipinski definition) is 5. The zero-order valence-corrected chi connectivity index (χ0v) is 9.09. The largest absolute Gasteiger partial charge is 0.271 e. The van der Waals surface area contributed by atoms with Crippen molar-refractivity contribution < 1.29 is 4.79 Å². The lowest BCUT2D eigenvalue weighted by atomic mass is 10.5. The van der Waals surface area contributed by atoms with Crippen LogP contribution in [-0.2, 0) is 11.3 Å². The molecule has 0 aliphatic heterocycles. The number of thiophene rings is 1. The summed E-state index contributed by atoms with van der Waals surface area (Å²) in [7, 11) is 0. The summed E-state index contributed by atoms with van der Waals surface area (Å²) in [5.41, 5.74) is 2.41. The Hall–Kier alpha value is -2.02. The first-order valence-electron chi connectivity index (χ1n) is 4.52. The number of aromatic nitrogens is 3. The summed E-state index contributed by atoms with van der Waals surface area (Å²) in [4.78, 5) is 16.0. The standard InChI is InChI=1S/C9H9N5OS/c15-9(5-14-7-10-6-12-14)13-11-4-8-2-1-3-16-8/h1-4,6-7H,5H2,(H,13,15)/b11-4-. The van der Waals surface area contributed by atoms with Crippen molar-refractivity contribution in [3.63, 3.8) is 0 Å². The number of amides is 1. The van der Waals surface area contributed by atoms with Gasteiger partial charge in [0.25, 0.3) is 5.91 Å². The van der Waals surface area contributed by atoms with Gasteiger partial charge >= 0.3 is 0 Å². The average Bonchev–Trinajstić information content (AvgIpc) is 2.90. The van der Waals surface area contributed by atoms with E-state index >= 15 is 0 Å². The molecule has 0 aliphatic carbocycles. The molecule has 0 radical (unpaired) electrons. The van der Waals surface area contributed by atoms with Crippen molar-refractivity contribution in [2.45, 2.75) is 6.54 Å². The van der Waals surface area contributed by atoms with Crippen LogP contribution in [0.15, 0.2) is 35.3 Å². The number of carbonyl (C=O) groups is 1. The van der Waals surface area contributed by atoms with Gasteiger partial charge in [0.2, 0.25) is 0 Å². The molecular weight excluding hydrogens is 226 g/mol. The predicted octanol–water partition coefficient (Wildman–Crippen LogP) is 0.490. The number of nitrogens with zero attached hydrogens (tertiary/aromatic N) is 4. The van der Waals surface area contributed by atoms with E-state index in [0.717, 1.165) is 4.88 Å². The monoisotopic (exact) mass is 235 g/mol. The van der Waals surface area contributed by atoms with Gasteiger partial charge in [0.15, 0.2) is 0 Å². The van der Waals surface area contributed by atoms with Crippen molar-refractivity contribution in [3.8, 4) is 0 Å². The molecule has 82 valence electrons. The van der Waals surface area contributed by atoms with Crippen LogP contribution in [0, 0.1) is 0 Å². The van der Waals surface area contributed by atoms with Gasteiger partial charge in [0.05, 0.1) is 6.21 Å². The smallest absolute Gasteiger partial charge is 0.261 e. The number of hydrogen-bond donors (Lipinski definition) is 1. The first-order chi connectivity index (χ1) is 7.84. The lowest BCUT2D eigenvalue weighted by Gasteiger charge is -1.98. The van der Waals surface area contributed by atoms with Gasteiger partial charge in [-0.25, -0.2) is 15.1 Å². The molecule has 2 aromatic heterocycles. The van der Waals surface area contributed by atoms with Gasteiger partial charge in [-0.1, -0.05) is 6.07 Å². The fourth-order valence-corrected chi connectivity index (χ4v) is 1.61. The van der Waals surface area contributed by atoms with Crippen LogP contribution in [0.2, 0.25) is 0 Å². The van der Waals surface area contributed by atoms with Crippen LogP contribution in [0.25, 0.3) is 0 Å². The van der Waals surface area contributed by atoms with Gasteiger partial charge in [-0.3, -0.25) is 4.79 Å². The summed E-state index contributed by atoms with van der Waals surface area (Å²) in [5, 5.41) is 9.57. The molecule has 0 bridgehead atoms. The first-order valence-corrected chi connectivity index (χ1v) is 5.40. The summed E-state index contributed by atoms with van der Waals surface area (Å²) in [6, 6.07) is 3.83. The lowest BCUT2D eigenvalue weighted by Crippen LogP contribution is -2.23. The van der Waals surface area contributed by atoms with Gasteiger partial charge in [-0.2, -0.15) is 10.2 Å². The zero-order valence-electron chi connectivity index (χ0n) is 8.28. The van der Waals surface area contributed by atoms with Crippen molar-refractivity contribution in [3.05, 3.63) is 35.0 Å². The maximum Gasteiger partial charge on any atom is 0.261 e. The van der Waals surface area contributed by atoms with Crippen molar-refractivity contribution in [2.75, 3.05) is 0 Å². The molecule has 0 aromatic carbocycles. The van der Waals surface area contributed by atoms with Crippen LogP contribution < -0.4 is 5.43 Å². The van der Waals surface area contributed by atoms with Crippen molar-refractivity contribution in [1.82, 2.24) is 20.2 Å². The summed E-state index contributed by atoms with van der Waals surface area (Å²) in [5.74, 6) is -0.238. The summed E-state index contributed by atoms with van der Waals surface area (Å²) >= 11 is 1.55. The normalized spacial score (nSPS) is 10.8. The molecule has 0 unspecified atom stereocenters. The molecule has 0 fully saturated rings. The van der Waals surface area contributed by atoms with Crippen LogP contribution in [0.3, 0.4) is 0 Å². The second-order valence-electron chi connectivity index (χ2n) is 2.90. The van der Waals surface area contributed by atoms with Gasteiger partial charge in [0, 0.05) is 4.88 Å². The molecule has 2 heterocycles. The van der Waals surface area contributed by atoms with E-state index in [2.05, 4.69) is 20.6 Å². The maximum atomic E-state index is 11.3. The second-order valence-corrected chi connectivity index (χ2v) is 3.88. The Bertz CT molecular complexity index is 462. The molecule has 2 aromatic rings. The summed E-state index contributed by atoms with van der Waals surface area (Å²) in [6.07, 6.45) is 4.45.